The van der Waals surface area contributed by atoms with Gasteiger partial charge in [-0.05, 0) is 11.0 Å². The lowest BCUT2D eigenvalue weighted by Crippen LogP contribution is -2.44. The number of hydrogen-bond acceptors (Lipinski definition) is 4. The second kappa shape index (κ2) is 7.90. The lowest BCUT2D eigenvalue weighted by atomic mass is 9.92. The Morgan fingerprint density at radius 1 is 1.30 bits per heavy atom. The first-order valence-electron chi connectivity index (χ1n) is 8.19. The summed E-state index contributed by atoms with van der Waals surface area (Å²) in [5.41, 5.74) is 1.13. The highest BCUT2D eigenvalue weighted by Gasteiger charge is 2.35. The van der Waals surface area contributed by atoms with E-state index in [9.17, 15) is 9.90 Å². The molecule has 5 nitrogen and oxygen atoms in total. The van der Waals surface area contributed by atoms with Crippen molar-refractivity contribution in [2.24, 2.45) is 5.41 Å². The second-order valence-corrected chi connectivity index (χ2v) is 7.38. The summed E-state index contributed by atoms with van der Waals surface area (Å²) in [4.78, 5) is 11.9. The highest BCUT2D eigenvalue weighted by Crippen LogP contribution is 2.18. The van der Waals surface area contributed by atoms with Crippen molar-refractivity contribution in [1.82, 2.24) is 10.6 Å². The van der Waals surface area contributed by atoms with Crippen molar-refractivity contribution in [2.45, 2.75) is 52.0 Å². The topological polar surface area (TPSA) is 70.6 Å². The van der Waals surface area contributed by atoms with Gasteiger partial charge < -0.3 is 20.5 Å². The maximum atomic E-state index is 11.9. The number of amides is 1. The molecule has 0 aromatic heterocycles. The maximum Gasteiger partial charge on any atom is 0.220 e. The molecule has 1 aromatic rings. The largest absolute Gasteiger partial charge is 0.389 e. The monoisotopic (exact) mass is 320 g/mol. The number of hydrogen-bond donors (Lipinski definition) is 3. The Balaban J connectivity index is 1.73. The minimum absolute atomic E-state index is 0.00556. The summed E-state index contributed by atoms with van der Waals surface area (Å²) in [6, 6.07) is 9.93. The van der Waals surface area contributed by atoms with Crippen LogP contribution in [0, 0.1) is 5.41 Å². The predicted molar refractivity (Wildman–Crippen MR) is 89.9 cm³/mol. The van der Waals surface area contributed by atoms with E-state index in [1.165, 1.54) is 5.56 Å². The van der Waals surface area contributed by atoms with E-state index >= 15 is 0 Å². The number of carbonyl (C=O) groups excluding carboxylic acids is 1. The third-order valence-electron chi connectivity index (χ3n) is 3.89. The van der Waals surface area contributed by atoms with Crippen molar-refractivity contribution >= 4 is 5.91 Å². The van der Waals surface area contributed by atoms with E-state index in [0.29, 0.717) is 26.1 Å². The Hall–Kier alpha value is -1.43. The number of nitrogens with one attached hydrogen (secondary N) is 2. The molecule has 0 bridgehead atoms. The molecule has 1 aliphatic rings. The first kappa shape index (κ1) is 17.9. The normalized spacial score (nSPS) is 24.6. The maximum absolute atomic E-state index is 11.9. The van der Waals surface area contributed by atoms with Crippen molar-refractivity contribution < 1.29 is 14.6 Å². The molecule has 0 aliphatic carbocycles. The second-order valence-electron chi connectivity index (χ2n) is 7.38. The van der Waals surface area contributed by atoms with Gasteiger partial charge in [0.25, 0.3) is 0 Å². The average Bonchev–Trinajstić information content (AvgIpc) is 2.83. The van der Waals surface area contributed by atoms with E-state index in [-0.39, 0.29) is 23.5 Å². The molecule has 5 heteroatoms. The third-order valence-corrected chi connectivity index (χ3v) is 3.89. The zero-order valence-electron chi connectivity index (χ0n) is 14.2. The average molecular weight is 320 g/mol. The lowest BCUT2D eigenvalue weighted by Gasteiger charge is -2.21. The molecule has 0 saturated carbocycles. The smallest absolute Gasteiger partial charge is 0.220 e. The zero-order valence-corrected chi connectivity index (χ0v) is 14.2. The van der Waals surface area contributed by atoms with Gasteiger partial charge in [-0.3, -0.25) is 4.79 Å². The first-order valence-corrected chi connectivity index (χ1v) is 8.19. The van der Waals surface area contributed by atoms with Crippen molar-refractivity contribution in [1.29, 1.82) is 0 Å². The van der Waals surface area contributed by atoms with Crippen LogP contribution in [-0.2, 0) is 16.1 Å². The van der Waals surface area contributed by atoms with Gasteiger partial charge in [-0.2, -0.15) is 0 Å². The molecular weight excluding hydrogens is 292 g/mol. The van der Waals surface area contributed by atoms with Crippen molar-refractivity contribution in [3.8, 4) is 0 Å². The SMILES string of the molecule is CC(C)(C)CC(=O)NC[C@H]1OC[C@@H](NCc2ccccc2)[C@@H]1O. The van der Waals surface area contributed by atoms with Crippen LogP contribution in [0.25, 0.3) is 0 Å². The summed E-state index contributed by atoms with van der Waals surface area (Å²) in [7, 11) is 0. The van der Waals surface area contributed by atoms with Crippen LogP contribution >= 0.6 is 0 Å². The molecule has 23 heavy (non-hydrogen) atoms. The molecule has 1 heterocycles. The predicted octanol–water partition coefficient (Wildman–Crippen LogP) is 1.46. The van der Waals surface area contributed by atoms with E-state index in [1.807, 2.05) is 51.1 Å². The fourth-order valence-electron chi connectivity index (χ4n) is 2.65. The Morgan fingerprint density at radius 3 is 2.65 bits per heavy atom. The highest BCUT2D eigenvalue weighted by atomic mass is 16.5. The standard InChI is InChI=1S/C18H28N2O3/c1-18(2,3)9-16(21)20-11-15-17(22)14(12-23-15)19-10-13-7-5-4-6-8-13/h4-8,14-15,17,19,22H,9-12H2,1-3H3,(H,20,21)/t14-,15-,17+/m1/s1. The van der Waals surface area contributed by atoms with Gasteiger partial charge in [0.05, 0.1) is 18.8 Å². The van der Waals surface area contributed by atoms with Gasteiger partial charge in [0.15, 0.2) is 0 Å². The van der Waals surface area contributed by atoms with Gasteiger partial charge in [0, 0.05) is 19.5 Å². The van der Waals surface area contributed by atoms with Crippen LogP contribution in [0.4, 0.5) is 0 Å². The highest BCUT2D eigenvalue weighted by molar-refractivity contribution is 5.76. The quantitative estimate of drug-likeness (QED) is 0.742. The summed E-state index contributed by atoms with van der Waals surface area (Å²) in [6.45, 7) is 7.56. The molecular formula is C18H28N2O3. The van der Waals surface area contributed by atoms with Crippen LogP contribution in [0.2, 0.25) is 0 Å². The Bertz CT molecular complexity index is 499. The molecule has 3 N–H and O–H groups in total. The molecule has 2 rings (SSSR count). The van der Waals surface area contributed by atoms with Crippen molar-refractivity contribution in [3.05, 3.63) is 35.9 Å². The van der Waals surface area contributed by atoms with E-state index in [2.05, 4.69) is 10.6 Å². The van der Waals surface area contributed by atoms with E-state index in [0.717, 1.165) is 0 Å². The summed E-state index contributed by atoms with van der Waals surface area (Å²) < 4.78 is 5.62. The van der Waals surface area contributed by atoms with E-state index in [4.69, 9.17) is 4.74 Å². The summed E-state index contributed by atoms with van der Waals surface area (Å²) in [6.07, 6.45) is -0.508. The van der Waals surface area contributed by atoms with Gasteiger partial charge in [0.1, 0.15) is 6.10 Å². The molecule has 1 aliphatic heterocycles. The lowest BCUT2D eigenvalue weighted by molar-refractivity contribution is -0.123. The van der Waals surface area contributed by atoms with E-state index < -0.39 is 6.10 Å². The van der Waals surface area contributed by atoms with Gasteiger partial charge in [-0.15, -0.1) is 0 Å². The van der Waals surface area contributed by atoms with Crippen molar-refractivity contribution in [2.75, 3.05) is 13.2 Å². The van der Waals surface area contributed by atoms with Gasteiger partial charge in [-0.25, -0.2) is 0 Å². The van der Waals surface area contributed by atoms with Crippen LogP contribution in [0.5, 0.6) is 0 Å². The number of aliphatic hydroxyl groups is 1. The Labute approximate surface area is 138 Å². The number of aliphatic hydroxyl groups excluding tert-OH is 1. The number of rotatable bonds is 6. The first-order chi connectivity index (χ1) is 10.8. The molecule has 1 saturated heterocycles. The molecule has 128 valence electrons. The van der Waals surface area contributed by atoms with Crippen LogP contribution in [0.3, 0.4) is 0 Å². The summed E-state index contributed by atoms with van der Waals surface area (Å²) >= 11 is 0. The third kappa shape index (κ3) is 5.94. The minimum Gasteiger partial charge on any atom is -0.389 e. The molecule has 0 spiro atoms. The molecule has 1 amide bonds. The Kier molecular flexibility index (Phi) is 6.16. The number of carbonyl (C=O) groups is 1. The Morgan fingerprint density at radius 2 is 2.00 bits per heavy atom. The molecule has 1 aromatic carbocycles. The van der Waals surface area contributed by atoms with Crippen LogP contribution < -0.4 is 10.6 Å². The van der Waals surface area contributed by atoms with Crippen molar-refractivity contribution in [3.63, 3.8) is 0 Å². The fraction of sp³-hybridized carbons (Fsp3) is 0.611. The fourth-order valence-corrected chi connectivity index (χ4v) is 2.65. The number of ether oxygens (including phenoxy) is 1. The zero-order chi connectivity index (χ0) is 16.9. The minimum atomic E-state index is -0.617. The number of benzene rings is 1. The molecule has 1 fully saturated rings. The van der Waals surface area contributed by atoms with Crippen LogP contribution in [-0.4, -0.2) is 42.4 Å². The van der Waals surface area contributed by atoms with Crippen LogP contribution in [0.15, 0.2) is 30.3 Å². The van der Waals surface area contributed by atoms with Crippen LogP contribution in [0.1, 0.15) is 32.8 Å². The van der Waals surface area contributed by atoms with Gasteiger partial charge in [-0.1, -0.05) is 51.1 Å². The van der Waals surface area contributed by atoms with Gasteiger partial charge >= 0.3 is 0 Å². The molecule has 0 radical (unpaired) electrons. The molecule has 3 atom stereocenters. The van der Waals surface area contributed by atoms with Gasteiger partial charge in [0.2, 0.25) is 5.91 Å². The molecule has 0 unspecified atom stereocenters. The summed E-state index contributed by atoms with van der Waals surface area (Å²) in [5, 5.41) is 16.5. The van der Waals surface area contributed by atoms with E-state index in [1.54, 1.807) is 0 Å². The summed E-state index contributed by atoms with van der Waals surface area (Å²) in [5.74, 6) is -0.00556.